The Labute approximate surface area is 115 Å². The fraction of sp³-hybridized carbons (Fsp3) is 0.385. The number of likely N-dealkylation sites (tertiary alicyclic amines) is 1. The number of carbonyl (C=O) groups is 2. The number of carbonyl (C=O) groups excluding carboxylic acids is 1. The van der Waals surface area contributed by atoms with Gasteiger partial charge in [-0.15, -0.1) is 0 Å². The molecule has 102 valence electrons. The summed E-state index contributed by atoms with van der Waals surface area (Å²) in [6, 6.07) is 5.92. The van der Waals surface area contributed by atoms with Crippen LogP contribution in [0.5, 0.6) is 0 Å². The first-order chi connectivity index (χ1) is 8.97. The highest BCUT2D eigenvalue weighted by Crippen LogP contribution is 2.20. The average molecular weight is 284 g/mol. The van der Waals surface area contributed by atoms with E-state index in [1.165, 1.54) is 4.90 Å². The van der Waals surface area contributed by atoms with Crippen LogP contribution in [0.1, 0.15) is 12.0 Å². The number of carboxylic acid groups (broad SMARTS) is 1. The van der Waals surface area contributed by atoms with Crippen LogP contribution < -0.4 is 0 Å². The van der Waals surface area contributed by atoms with Gasteiger partial charge in [0.1, 0.15) is 6.04 Å². The summed E-state index contributed by atoms with van der Waals surface area (Å²) in [5, 5.41) is 19.1. The van der Waals surface area contributed by atoms with Crippen LogP contribution >= 0.6 is 11.6 Å². The third kappa shape index (κ3) is 3.24. The number of carboxylic acids is 1. The molecule has 1 heterocycles. The molecule has 0 aliphatic carbocycles. The van der Waals surface area contributed by atoms with Crippen molar-refractivity contribution in [3.8, 4) is 0 Å². The molecule has 0 aromatic heterocycles. The molecule has 1 amide bonds. The van der Waals surface area contributed by atoms with E-state index < -0.39 is 18.1 Å². The van der Waals surface area contributed by atoms with Gasteiger partial charge in [0, 0.05) is 18.0 Å². The number of aliphatic hydroxyl groups is 1. The highest BCUT2D eigenvalue weighted by molar-refractivity contribution is 6.30. The molecule has 0 unspecified atom stereocenters. The van der Waals surface area contributed by atoms with Gasteiger partial charge in [0.25, 0.3) is 0 Å². The van der Waals surface area contributed by atoms with E-state index in [0.717, 1.165) is 5.56 Å². The number of benzene rings is 1. The molecule has 1 fully saturated rings. The molecule has 2 rings (SSSR count). The predicted octanol–water partition coefficient (Wildman–Crippen LogP) is 0.929. The van der Waals surface area contributed by atoms with Crippen molar-refractivity contribution in [1.29, 1.82) is 0 Å². The first-order valence-electron chi connectivity index (χ1n) is 5.92. The zero-order valence-electron chi connectivity index (χ0n) is 10.1. The SMILES string of the molecule is O=C(O)[C@@H]1C[C@@H](O)CN1C(=O)Cc1cccc(Cl)c1. The number of hydrogen-bond donors (Lipinski definition) is 2. The van der Waals surface area contributed by atoms with Gasteiger partial charge in [0.05, 0.1) is 12.5 Å². The Kier molecular flexibility index (Phi) is 4.07. The Balaban J connectivity index is 2.09. The molecule has 1 aliphatic heterocycles. The highest BCUT2D eigenvalue weighted by Gasteiger charge is 2.38. The zero-order chi connectivity index (χ0) is 14.0. The fourth-order valence-corrected chi connectivity index (χ4v) is 2.46. The van der Waals surface area contributed by atoms with Crippen molar-refractivity contribution >= 4 is 23.5 Å². The van der Waals surface area contributed by atoms with Gasteiger partial charge in [-0.2, -0.15) is 0 Å². The Morgan fingerprint density at radius 1 is 1.42 bits per heavy atom. The van der Waals surface area contributed by atoms with Crippen LogP contribution in [0.2, 0.25) is 5.02 Å². The van der Waals surface area contributed by atoms with Crippen LogP contribution in [0.3, 0.4) is 0 Å². The molecular formula is C13H14ClNO4. The predicted molar refractivity (Wildman–Crippen MR) is 68.9 cm³/mol. The van der Waals surface area contributed by atoms with Crippen molar-refractivity contribution in [2.75, 3.05) is 6.54 Å². The highest BCUT2D eigenvalue weighted by atomic mass is 35.5. The molecule has 19 heavy (non-hydrogen) atoms. The van der Waals surface area contributed by atoms with Crippen LogP contribution in [0.15, 0.2) is 24.3 Å². The van der Waals surface area contributed by atoms with Crippen LogP contribution in [-0.2, 0) is 16.0 Å². The maximum Gasteiger partial charge on any atom is 0.326 e. The van der Waals surface area contributed by atoms with Crippen LogP contribution in [-0.4, -0.2) is 45.7 Å². The van der Waals surface area contributed by atoms with Crippen molar-refractivity contribution in [3.05, 3.63) is 34.9 Å². The lowest BCUT2D eigenvalue weighted by Crippen LogP contribution is -2.41. The van der Waals surface area contributed by atoms with Crippen molar-refractivity contribution in [2.24, 2.45) is 0 Å². The second-order valence-corrected chi connectivity index (χ2v) is 5.03. The lowest BCUT2D eigenvalue weighted by Gasteiger charge is -2.21. The minimum Gasteiger partial charge on any atom is -0.480 e. The van der Waals surface area contributed by atoms with Crippen molar-refractivity contribution in [3.63, 3.8) is 0 Å². The lowest BCUT2D eigenvalue weighted by atomic mass is 10.1. The summed E-state index contributed by atoms with van der Waals surface area (Å²) >= 11 is 5.83. The smallest absolute Gasteiger partial charge is 0.326 e. The molecule has 1 saturated heterocycles. The first-order valence-corrected chi connectivity index (χ1v) is 6.30. The Bertz CT molecular complexity index is 505. The number of halogens is 1. The molecule has 2 N–H and O–H groups in total. The summed E-state index contributed by atoms with van der Waals surface area (Å²) in [5.74, 6) is -1.40. The molecule has 0 spiro atoms. The number of aliphatic carboxylic acids is 1. The first kappa shape index (κ1) is 13.8. The minimum atomic E-state index is -1.09. The fourth-order valence-electron chi connectivity index (χ4n) is 2.25. The standard InChI is InChI=1S/C13H14ClNO4/c14-9-3-1-2-8(4-9)5-12(17)15-7-10(16)6-11(15)13(18)19/h1-4,10-11,16H,5-7H2,(H,18,19)/t10-,11+/m1/s1. The number of rotatable bonds is 3. The van der Waals surface area contributed by atoms with E-state index in [9.17, 15) is 14.7 Å². The van der Waals surface area contributed by atoms with Crippen LogP contribution in [0, 0.1) is 0 Å². The van der Waals surface area contributed by atoms with E-state index >= 15 is 0 Å². The Hall–Kier alpha value is -1.59. The van der Waals surface area contributed by atoms with Crippen LogP contribution in [0.25, 0.3) is 0 Å². The molecule has 6 heteroatoms. The lowest BCUT2D eigenvalue weighted by molar-refractivity contribution is -0.148. The van der Waals surface area contributed by atoms with E-state index in [1.807, 2.05) is 0 Å². The van der Waals surface area contributed by atoms with Gasteiger partial charge in [-0.3, -0.25) is 4.79 Å². The maximum absolute atomic E-state index is 12.1. The van der Waals surface area contributed by atoms with Gasteiger partial charge >= 0.3 is 5.97 Å². The summed E-state index contributed by atoms with van der Waals surface area (Å²) in [6.07, 6.45) is -0.613. The normalized spacial score (nSPS) is 22.5. The molecule has 0 saturated carbocycles. The van der Waals surface area contributed by atoms with Crippen molar-refractivity contribution in [2.45, 2.75) is 25.0 Å². The largest absolute Gasteiger partial charge is 0.480 e. The number of amides is 1. The number of β-amino-alcohol motifs (C(OH)–C–C–N with tert-alkyl or cyclic N) is 1. The monoisotopic (exact) mass is 283 g/mol. The van der Waals surface area contributed by atoms with E-state index in [0.29, 0.717) is 5.02 Å². The number of aliphatic hydroxyl groups excluding tert-OH is 1. The third-order valence-electron chi connectivity index (χ3n) is 3.13. The molecular weight excluding hydrogens is 270 g/mol. The molecule has 1 aromatic carbocycles. The van der Waals surface area contributed by atoms with Gasteiger partial charge in [-0.1, -0.05) is 23.7 Å². The van der Waals surface area contributed by atoms with Crippen molar-refractivity contribution < 1.29 is 19.8 Å². The maximum atomic E-state index is 12.1. The van der Waals surface area contributed by atoms with E-state index in [4.69, 9.17) is 16.7 Å². The van der Waals surface area contributed by atoms with Gasteiger partial charge < -0.3 is 15.1 Å². The van der Waals surface area contributed by atoms with E-state index in [-0.39, 0.29) is 25.3 Å². The summed E-state index contributed by atoms with van der Waals surface area (Å²) in [5.41, 5.74) is 0.725. The minimum absolute atomic E-state index is 0.0658. The summed E-state index contributed by atoms with van der Waals surface area (Å²) in [7, 11) is 0. The van der Waals surface area contributed by atoms with Gasteiger partial charge in [-0.05, 0) is 17.7 Å². The van der Waals surface area contributed by atoms with E-state index in [2.05, 4.69) is 0 Å². The summed E-state index contributed by atoms with van der Waals surface area (Å²) in [4.78, 5) is 24.4. The number of hydrogen-bond acceptors (Lipinski definition) is 3. The van der Waals surface area contributed by atoms with Gasteiger partial charge in [-0.25, -0.2) is 4.79 Å². The quantitative estimate of drug-likeness (QED) is 0.865. The average Bonchev–Trinajstić information content (AvgIpc) is 2.71. The Morgan fingerprint density at radius 2 is 2.16 bits per heavy atom. The molecule has 0 bridgehead atoms. The van der Waals surface area contributed by atoms with E-state index in [1.54, 1.807) is 24.3 Å². The molecule has 0 radical (unpaired) electrons. The van der Waals surface area contributed by atoms with Crippen molar-refractivity contribution in [1.82, 2.24) is 4.90 Å². The molecule has 1 aromatic rings. The second-order valence-electron chi connectivity index (χ2n) is 4.60. The summed E-state index contributed by atoms with van der Waals surface area (Å²) in [6.45, 7) is 0.0658. The van der Waals surface area contributed by atoms with Gasteiger partial charge in [0.15, 0.2) is 0 Å². The Morgan fingerprint density at radius 3 is 2.79 bits per heavy atom. The molecule has 1 aliphatic rings. The molecule has 5 nitrogen and oxygen atoms in total. The van der Waals surface area contributed by atoms with Gasteiger partial charge in [0.2, 0.25) is 5.91 Å². The number of nitrogens with zero attached hydrogens (tertiary/aromatic N) is 1. The zero-order valence-corrected chi connectivity index (χ0v) is 10.9. The third-order valence-corrected chi connectivity index (χ3v) is 3.36. The second kappa shape index (κ2) is 5.59. The molecule has 2 atom stereocenters. The topological polar surface area (TPSA) is 77.8 Å². The summed E-state index contributed by atoms with van der Waals surface area (Å²) < 4.78 is 0. The van der Waals surface area contributed by atoms with Crippen LogP contribution in [0.4, 0.5) is 0 Å².